The fraction of sp³-hybridized carbons (Fsp3) is 0.333. The predicted octanol–water partition coefficient (Wildman–Crippen LogP) is 3.34. The summed E-state index contributed by atoms with van der Waals surface area (Å²) in [7, 11) is 0. The van der Waals surface area contributed by atoms with Crippen LogP contribution < -0.4 is 4.74 Å². The van der Waals surface area contributed by atoms with Gasteiger partial charge in [-0.2, -0.15) is 0 Å². The van der Waals surface area contributed by atoms with E-state index in [2.05, 4.69) is 0 Å². The van der Waals surface area contributed by atoms with Gasteiger partial charge in [-0.15, -0.1) is 11.8 Å². The maximum Gasteiger partial charge on any atom is 0.329 e. The van der Waals surface area contributed by atoms with Gasteiger partial charge in [-0.1, -0.05) is 42.5 Å². The average molecular weight is 401 g/mol. The highest BCUT2D eigenvalue weighted by Gasteiger charge is 2.57. The first-order chi connectivity index (χ1) is 13.6. The largest absolute Gasteiger partial charge is 0.487 e. The minimum absolute atomic E-state index is 0.00526. The molecule has 5 nitrogen and oxygen atoms in total. The number of amides is 1. The number of esters is 1. The van der Waals surface area contributed by atoms with Crippen molar-refractivity contribution in [3.63, 3.8) is 0 Å². The third kappa shape index (κ3) is 3.35. The van der Waals surface area contributed by atoms with E-state index in [9.17, 15) is 14.0 Å². The quantitative estimate of drug-likeness (QED) is 0.549. The Labute approximate surface area is 166 Å². The lowest BCUT2D eigenvalue weighted by molar-refractivity contribution is -0.154. The van der Waals surface area contributed by atoms with E-state index in [1.165, 1.54) is 12.1 Å². The maximum absolute atomic E-state index is 13.5. The molecule has 1 amide bonds. The number of carbonyl (C=O) groups is 2. The van der Waals surface area contributed by atoms with Crippen LogP contribution >= 0.6 is 11.8 Å². The van der Waals surface area contributed by atoms with E-state index in [0.717, 1.165) is 5.56 Å². The molecule has 2 aliphatic heterocycles. The summed E-state index contributed by atoms with van der Waals surface area (Å²) in [5.74, 6) is -0.326. The van der Waals surface area contributed by atoms with Crippen molar-refractivity contribution in [3.05, 3.63) is 66.0 Å². The molecule has 0 aliphatic carbocycles. The van der Waals surface area contributed by atoms with Gasteiger partial charge in [-0.05, 0) is 24.1 Å². The Balaban J connectivity index is 1.38. The lowest BCUT2D eigenvalue weighted by atomic mass is 10.0. The lowest BCUT2D eigenvalue weighted by Crippen LogP contribution is -2.46. The second-order valence-electron chi connectivity index (χ2n) is 6.69. The molecule has 2 aliphatic rings. The average Bonchev–Trinajstić information content (AvgIpc) is 3.26. The zero-order valence-corrected chi connectivity index (χ0v) is 16.0. The molecular formula is C21H20FNO4S. The topological polar surface area (TPSA) is 55.8 Å². The van der Waals surface area contributed by atoms with Gasteiger partial charge >= 0.3 is 5.97 Å². The van der Waals surface area contributed by atoms with Gasteiger partial charge in [-0.25, -0.2) is 9.18 Å². The highest BCUT2D eigenvalue weighted by Crippen LogP contribution is 2.54. The molecule has 4 rings (SSSR count). The van der Waals surface area contributed by atoms with Crippen molar-refractivity contribution in [1.82, 2.24) is 4.90 Å². The highest BCUT2D eigenvalue weighted by atomic mass is 32.2. The SMILES string of the molecule is O=C(OCCOc1ccccc1F)[C@H]1CS[C@]2(c3ccccc3)CCC(=O)N12. The number of carbonyl (C=O) groups excluding carboxylic acids is 2. The van der Waals surface area contributed by atoms with Crippen molar-refractivity contribution in [1.29, 1.82) is 0 Å². The molecule has 2 heterocycles. The number of halogens is 1. The molecule has 0 N–H and O–H groups in total. The van der Waals surface area contributed by atoms with E-state index in [-0.39, 0.29) is 24.9 Å². The summed E-state index contributed by atoms with van der Waals surface area (Å²) in [6.45, 7) is 0.0407. The molecule has 0 bridgehead atoms. The summed E-state index contributed by atoms with van der Waals surface area (Å²) in [4.78, 5) is 26.4. The van der Waals surface area contributed by atoms with E-state index in [4.69, 9.17) is 9.47 Å². The van der Waals surface area contributed by atoms with E-state index >= 15 is 0 Å². The lowest BCUT2D eigenvalue weighted by Gasteiger charge is -2.33. The van der Waals surface area contributed by atoms with Crippen LogP contribution in [0.2, 0.25) is 0 Å². The maximum atomic E-state index is 13.5. The van der Waals surface area contributed by atoms with Gasteiger partial charge in [0, 0.05) is 12.2 Å². The molecule has 146 valence electrons. The Bertz CT molecular complexity index is 878. The van der Waals surface area contributed by atoms with Gasteiger partial charge in [0.1, 0.15) is 24.1 Å². The molecule has 0 spiro atoms. The smallest absolute Gasteiger partial charge is 0.329 e. The molecule has 2 fully saturated rings. The molecule has 0 aromatic heterocycles. The number of hydrogen-bond donors (Lipinski definition) is 0. The van der Waals surface area contributed by atoms with Crippen molar-refractivity contribution in [2.45, 2.75) is 23.8 Å². The van der Waals surface area contributed by atoms with Crippen LogP contribution in [0.1, 0.15) is 18.4 Å². The summed E-state index contributed by atoms with van der Waals surface area (Å²) in [5.41, 5.74) is 1.03. The van der Waals surface area contributed by atoms with Gasteiger partial charge in [-0.3, -0.25) is 4.79 Å². The van der Waals surface area contributed by atoms with Crippen LogP contribution in [0, 0.1) is 5.82 Å². The fourth-order valence-electron chi connectivity index (χ4n) is 3.77. The van der Waals surface area contributed by atoms with E-state index in [0.29, 0.717) is 18.6 Å². The van der Waals surface area contributed by atoms with Gasteiger partial charge < -0.3 is 14.4 Å². The first kappa shape index (κ1) is 18.8. The molecule has 2 aromatic carbocycles. The number of thioether (sulfide) groups is 1. The van der Waals surface area contributed by atoms with Crippen LogP contribution in [0.3, 0.4) is 0 Å². The van der Waals surface area contributed by atoms with Crippen LogP contribution in [-0.2, 0) is 19.2 Å². The van der Waals surface area contributed by atoms with Crippen molar-refractivity contribution < 1.29 is 23.5 Å². The van der Waals surface area contributed by atoms with Crippen molar-refractivity contribution in [2.24, 2.45) is 0 Å². The monoisotopic (exact) mass is 401 g/mol. The summed E-state index contributed by atoms with van der Waals surface area (Å²) >= 11 is 1.62. The Kier molecular flexibility index (Phi) is 5.26. The number of nitrogens with zero attached hydrogens (tertiary/aromatic N) is 1. The van der Waals surface area contributed by atoms with Crippen LogP contribution in [0.15, 0.2) is 54.6 Å². The fourth-order valence-corrected chi connectivity index (χ4v) is 5.40. The second kappa shape index (κ2) is 7.83. The third-order valence-corrected chi connectivity index (χ3v) is 6.64. The van der Waals surface area contributed by atoms with E-state index in [1.807, 2.05) is 30.3 Å². The Hall–Kier alpha value is -2.54. The van der Waals surface area contributed by atoms with Crippen molar-refractivity contribution >= 4 is 23.6 Å². The van der Waals surface area contributed by atoms with Crippen LogP contribution in [0.4, 0.5) is 4.39 Å². The minimum Gasteiger partial charge on any atom is -0.487 e. The van der Waals surface area contributed by atoms with Gasteiger partial charge in [0.25, 0.3) is 0 Å². The third-order valence-electron chi connectivity index (χ3n) is 5.05. The van der Waals surface area contributed by atoms with E-state index in [1.54, 1.807) is 28.8 Å². The summed E-state index contributed by atoms with van der Waals surface area (Å²) < 4.78 is 24.2. The number of ether oxygens (including phenoxy) is 2. The standard InChI is InChI=1S/C21H20FNO4S/c22-16-8-4-5-9-18(16)26-12-13-27-20(25)17-14-28-21(11-10-19(24)23(17)21)15-6-2-1-3-7-15/h1-9,17H,10-14H2/t17-,21+/m1/s1. The zero-order chi connectivity index (χ0) is 19.6. The molecule has 7 heteroatoms. The summed E-state index contributed by atoms with van der Waals surface area (Å²) in [6, 6.07) is 15.3. The number of para-hydroxylation sites is 1. The van der Waals surface area contributed by atoms with Crippen LogP contribution in [0.25, 0.3) is 0 Å². The number of benzene rings is 2. The first-order valence-corrected chi connectivity index (χ1v) is 10.2. The number of fused-ring (bicyclic) bond motifs is 1. The Morgan fingerprint density at radius 3 is 2.68 bits per heavy atom. The van der Waals surface area contributed by atoms with Crippen molar-refractivity contribution in [2.75, 3.05) is 19.0 Å². The molecular weight excluding hydrogens is 381 g/mol. The zero-order valence-electron chi connectivity index (χ0n) is 15.2. The number of hydrogen-bond acceptors (Lipinski definition) is 5. The van der Waals surface area contributed by atoms with Crippen molar-refractivity contribution in [3.8, 4) is 5.75 Å². The summed E-state index contributed by atoms with van der Waals surface area (Å²) in [6.07, 6.45) is 1.10. The molecule has 2 atom stereocenters. The Morgan fingerprint density at radius 2 is 1.89 bits per heavy atom. The molecule has 2 aromatic rings. The normalized spacial score (nSPS) is 23.5. The highest BCUT2D eigenvalue weighted by molar-refractivity contribution is 8.00. The second-order valence-corrected chi connectivity index (χ2v) is 7.98. The minimum atomic E-state index is -0.617. The molecule has 2 saturated heterocycles. The summed E-state index contributed by atoms with van der Waals surface area (Å²) in [5, 5.41) is 0. The van der Waals surface area contributed by atoms with Gasteiger partial charge in [0.05, 0.1) is 0 Å². The molecule has 0 unspecified atom stereocenters. The predicted molar refractivity (Wildman–Crippen MR) is 103 cm³/mol. The Morgan fingerprint density at radius 1 is 1.14 bits per heavy atom. The van der Waals surface area contributed by atoms with Gasteiger partial charge in [0.15, 0.2) is 11.6 Å². The number of rotatable bonds is 6. The van der Waals surface area contributed by atoms with Crippen LogP contribution in [-0.4, -0.2) is 41.8 Å². The first-order valence-electron chi connectivity index (χ1n) is 9.17. The molecule has 0 saturated carbocycles. The molecule has 0 radical (unpaired) electrons. The van der Waals surface area contributed by atoms with Crippen LogP contribution in [0.5, 0.6) is 5.75 Å². The molecule has 28 heavy (non-hydrogen) atoms. The van der Waals surface area contributed by atoms with E-state index < -0.39 is 22.7 Å². The van der Waals surface area contributed by atoms with Gasteiger partial charge in [0.2, 0.25) is 5.91 Å².